The molecule has 5 rings (SSSR count). The van der Waals surface area contributed by atoms with Crippen molar-refractivity contribution in [2.24, 2.45) is 0 Å². The number of nitrogen functional groups attached to an aromatic ring is 1. The molecule has 12 heteroatoms. The summed E-state index contributed by atoms with van der Waals surface area (Å²) in [5, 5.41) is 25.4. The van der Waals surface area contributed by atoms with Gasteiger partial charge in [-0.2, -0.15) is 9.78 Å². The third kappa shape index (κ3) is 4.25. The zero-order valence-corrected chi connectivity index (χ0v) is 19.0. The summed E-state index contributed by atoms with van der Waals surface area (Å²) in [4.78, 5) is 6.57. The Balaban J connectivity index is 1.44. The van der Waals surface area contributed by atoms with Crippen molar-refractivity contribution in [1.82, 2.24) is 39.9 Å². The van der Waals surface area contributed by atoms with Gasteiger partial charge in [0.15, 0.2) is 11.6 Å². The van der Waals surface area contributed by atoms with Crippen molar-refractivity contribution >= 4 is 17.4 Å². The van der Waals surface area contributed by atoms with Gasteiger partial charge in [-0.15, -0.1) is 5.10 Å². The van der Waals surface area contributed by atoms with Gasteiger partial charge in [0.1, 0.15) is 11.5 Å². The van der Waals surface area contributed by atoms with Crippen LogP contribution in [0, 0.1) is 5.82 Å². The highest BCUT2D eigenvalue weighted by atomic mass is 35.5. The Morgan fingerprint density at radius 3 is 2.79 bits per heavy atom. The molecule has 0 unspecified atom stereocenters. The van der Waals surface area contributed by atoms with E-state index in [2.05, 4.69) is 30.5 Å². The van der Waals surface area contributed by atoms with E-state index in [-0.39, 0.29) is 29.0 Å². The summed E-state index contributed by atoms with van der Waals surface area (Å²) in [6, 6.07) is 6.72. The van der Waals surface area contributed by atoms with Crippen LogP contribution in [0.25, 0.3) is 28.2 Å². The number of hydrogen-bond donors (Lipinski definition) is 2. The van der Waals surface area contributed by atoms with Crippen molar-refractivity contribution in [2.75, 3.05) is 32.0 Å². The van der Waals surface area contributed by atoms with Gasteiger partial charge in [0, 0.05) is 43.2 Å². The summed E-state index contributed by atoms with van der Waals surface area (Å²) in [6.07, 6.45) is 7.37. The number of nitrogens with zero attached hydrogens (tertiary/aromatic N) is 8. The monoisotopic (exact) mass is 483 g/mol. The van der Waals surface area contributed by atoms with Crippen LogP contribution in [-0.4, -0.2) is 71.2 Å². The number of aliphatic hydroxyl groups excluding tert-OH is 1. The lowest BCUT2D eigenvalue weighted by atomic mass is 10.1. The number of likely N-dealkylation sites (tertiary alicyclic amines) is 1. The Morgan fingerprint density at radius 1 is 1.18 bits per heavy atom. The lowest BCUT2D eigenvalue weighted by Crippen LogP contribution is -2.36. The minimum Gasteiger partial charge on any atom is -0.395 e. The zero-order valence-electron chi connectivity index (χ0n) is 18.2. The molecular weight excluding hydrogens is 461 g/mol. The molecule has 10 nitrogen and oxygen atoms in total. The summed E-state index contributed by atoms with van der Waals surface area (Å²) in [6.45, 7) is 2.74. The third-order valence-electron chi connectivity index (χ3n) is 6.07. The second kappa shape index (κ2) is 9.45. The van der Waals surface area contributed by atoms with E-state index in [0.717, 1.165) is 37.1 Å². The van der Waals surface area contributed by atoms with Gasteiger partial charge in [0.25, 0.3) is 0 Å². The van der Waals surface area contributed by atoms with Crippen LogP contribution < -0.4 is 5.73 Å². The lowest BCUT2D eigenvalue weighted by molar-refractivity contribution is 0.146. The van der Waals surface area contributed by atoms with Gasteiger partial charge in [-0.3, -0.25) is 4.68 Å². The van der Waals surface area contributed by atoms with Crippen LogP contribution in [0.1, 0.15) is 18.9 Å². The van der Waals surface area contributed by atoms with E-state index in [4.69, 9.17) is 22.4 Å². The SMILES string of the molecule is Nc1ncc(-c2cnn(C3CCN(CCO)CC3)c2)cc1-c1nnnn1-c1cccc(Cl)c1F. The first-order valence-corrected chi connectivity index (χ1v) is 11.3. The number of hydrogen-bond acceptors (Lipinski definition) is 8. The van der Waals surface area contributed by atoms with E-state index >= 15 is 0 Å². The van der Waals surface area contributed by atoms with Crippen LogP contribution in [0.5, 0.6) is 0 Å². The molecule has 0 radical (unpaired) electrons. The van der Waals surface area contributed by atoms with Crippen LogP contribution in [0.2, 0.25) is 5.02 Å². The summed E-state index contributed by atoms with van der Waals surface area (Å²) in [5.41, 5.74) is 8.38. The third-order valence-corrected chi connectivity index (χ3v) is 6.36. The Labute approximate surface area is 199 Å². The number of tetrazole rings is 1. The first-order chi connectivity index (χ1) is 16.5. The van der Waals surface area contributed by atoms with Crippen LogP contribution in [-0.2, 0) is 0 Å². The maximum atomic E-state index is 14.6. The fraction of sp³-hybridized carbons (Fsp3) is 0.318. The second-order valence-corrected chi connectivity index (χ2v) is 8.56. The number of halogens is 2. The molecule has 176 valence electrons. The standard InChI is InChI=1S/C22H23ClFN9O/c23-18-2-1-3-19(20(18)24)33-22(28-29-30-33)17-10-14(11-26-21(17)25)15-12-27-32(13-15)16-4-6-31(7-5-16)8-9-34/h1-3,10-13,16,34H,4-9H2,(H2,25,26). The molecule has 4 heterocycles. The molecular formula is C22H23ClFN9O. The van der Waals surface area contributed by atoms with Crippen molar-refractivity contribution in [1.29, 1.82) is 0 Å². The number of aromatic nitrogens is 7. The molecule has 1 aliphatic heterocycles. The van der Waals surface area contributed by atoms with Crippen molar-refractivity contribution in [2.45, 2.75) is 18.9 Å². The molecule has 1 saturated heterocycles. The van der Waals surface area contributed by atoms with Crippen LogP contribution in [0.3, 0.4) is 0 Å². The number of pyridine rings is 1. The largest absolute Gasteiger partial charge is 0.395 e. The highest BCUT2D eigenvalue weighted by molar-refractivity contribution is 6.30. The zero-order chi connectivity index (χ0) is 23.7. The molecule has 34 heavy (non-hydrogen) atoms. The van der Waals surface area contributed by atoms with Gasteiger partial charge in [-0.1, -0.05) is 17.7 Å². The van der Waals surface area contributed by atoms with Crippen LogP contribution >= 0.6 is 11.6 Å². The van der Waals surface area contributed by atoms with E-state index in [9.17, 15) is 4.39 Å². The van der Waals surface area contributed by atoms with E-state index < -0.39 is 5.82 Å². The average Bonchev–Trinajstić information content (AvgIpc) is 3.52. The first kappa shape index (κ1) is 22.4. The second-order valence-electron chi connectivity index (χ2n) is 8.15. The summed E-state index contributed by atoms with van der Waals surface area (Å²) >= 11 is 5.94. The van der Waals surface area contributed by atoms with Crippen molar-refractivity contribution in [3.05, 3.63) is 53.7 Å². The molecule has 3 N–H and O–H groups in total. The smallest absolute Gasteiger partial charge is 0.190 e. The van der Waals surface area contributed by atoms with Gasteiger partial charge < -0.3 is 15.7 Å². The Bertz CT molecular complexity index is 1300. The Morgan fingerprint density at radius 2 is 2.00 bits per heavy atom. The van der Waals surface area contributed by atoms with Gasteiger partial charge in [0.05, 0.1) is 29.4 Å². The topological polar surface area (TPSA) is 124 Å². The number of rotatable bonds is 6. The number of nitrogens with two attached hydrogens (primary N) is 1. The predicted octanol–water partition coefficient (Wildman–Crippen LogP) is 2.59. The van der Waals surface area contributed by atoms with Crippen LogP contribution in [0.4, 0.5) is 10.2 Å². The maximum Gasteiger partial charge on any atom is 0.190 e. The molecule has 1 fully saturated rings. The van der Waals surface area contributed by atoms with E-state index in [1.807, 2.05) is 16.9 Å². The molecule has 3 aromatic heterocycles. The lowest BCUT2D eigenvalue weighted by Gasteiger charge is -2.31. The minimum atomic E-state index is -0.633. The molecule has 4 aromatic rings. The van der Waals surface area contributed by atoms with E-state index in [0.29, 0.717) is 18.2 Å². The Hall–Kier alpha value is -3.41. The fourth-order valence-electron chi connectivity index (χ4n) is 4.22. The maximum absolute atomic E-state index is 14.6. The van der Waals surface area contributed by atoms with E-state index in [1.165, 1.54) is 16.8 Å². The number of piperidine rings is 1. The highest BCUT2D eigenvalue weighted by Crippen LogP contribution is 2.31. The molecule has 0 atom stereocenters. The molecule has 0 bridgehead atoms. The molecule has 1 aliphatic rings. The average molecular weight is 484 g/mol. The minimum absolute atomic E-state index is 0.0339. The number of benzene rings is 1. The number of anilines is 1. The normalized spacial score (nSPS) is 15.1. The molecule has 0 amide bonds. The highest BCUT2D eigenvalue weighted by Gasteiger charge is 2.22. The number of aliphatic hydroxyl groups is 1. The molecule has 0 saturated carbocycles. The fourth-order valence-corrected chi connectivity index (χ4v) is 4.39. The predicted molar refractivity (Wildman–Crippen MR) is 125 cm³/mol. The van der Waals surface area contributed by atoms with Gasteiger partial charge in [0.2, 0.25) is 0 Å². The van der Waals surface area contributed by atoms with E-state index in [1.54, 1.807) is 18.5 Å². The Kier molecular flexibility index (Phi) is 6.22. The summed E-state index contributed by atoms with van der Waals surface area (Å²) in [7, 11) is 0. The molecule has 0 aliphatic carbocycles. The van der Waals surface area contributed by atoms with Crippen molar-refractivity contribution < 1.29 is 9.50 Å². The summed E-state index contributed by atoms with van der Waals surface area (Å²) in [5.74, 6) is -0.172. The van der Waals surface area contributed by atoms with Crippen LogP contribution in [0.15, 0.2) is 42.9 Å². The van der Waals surface area contributed by atoms with Gasteiger partial charge in [-0.05, 0) is 41.5 Å². The molecule has 1 aromatic carbocycles. The first-order valence-electron chi connectivity index (χ1n) is 10.9. The van der Waals surface area contributed by atoms with Crippen molar-refractivity contribution in [3.8, 4) is 28.2 Å². The quantitative estimate of drug-likeness (QED) is 0.429. The summed E-state index contributed by atoms with van der Waals surface area (Å²) < 4.78 is 17.9. The van der Waals surface area contributed by atoms with Gasteiger partial charge >= 0.3 is 0 Å². The molecule has 0 spiro atoms. The number of β-amino-alcohol motifs (C(OH)–C–C–N with tert-alkyl or cyclic N) is 1. The van der Waals surface area contributed by atoms with Crippen molar-refractivity contribution in [3.63, 3.8) is 0 Å². The van der Waals surface area contributed by atoms with Gasteiger partial charge in [-0.25, -0.2) is 9.37 Å².